The number of methoxy groups -OCH3 is 1. The van der Waals surface area contributed by atoms with Crippen LogP contribution >= 0.6 is 27.7 Å². The van der Waals surface area contributed by atoms with Crippen molar-refractivity contribution in [2.24, 2.45) is 0 Å². The average Bonchev–Trinajstić information content (AvgIpc) is 2.45. The van der Waals surface area contributed by atoms with Crippen molar-refractivity contribution >= 4 is 27.7 Å². The molecule has 0 amide bonds. The fourth-order valence-electron chi connectivity index (χ4n) is 2.01. The van der Waals surface area contributed by atoms with Crippen molar-refractivity contribution in [1.82, 2.24) is 5.32 Å². The van der Waals surface area contributed by atoms with Gasteiger partial charge in [-0.3, -0.25) is 0 Å². The molecule has 21 heavy (non-hydrogen) atoms. The SMILES string of the molecule is CCSCCCOc1c(C)cc(Br)cc1CNCCOC. The van der Waals surface area contributed by atoms with Gasteiger partial charge in [0.1, 0.15) is 5.75 Å². The molecule has 0 aromatic heterocycles. The Bertz CT molecular complexity index is 416. The lowest BCUT2D eigenvalue weighted by Crippen LogP contribution is -2.19. The Hall–Kier alpha value is -0.230. The van der Waals surface area contributed by atoms with Crippen molar-refractivity contribution in [2.45, 2.75) is 26.8 Å². The highest BCUT2D eigenvalue weighted by atomic mass is 79.9. The summed E-state index contributed by atoms with van der Waals surface area (Å²) in [6, 6.07) is 4.23. The summed E-state index contributed by atoms with van der Waals surface area (Å²) in [6.45, 7) is 7.42. The van der Waals surface area contributed by atoms with Crippen LogP contribution in [0.3, 0.4) is 0 Å². The molecule has 0 unspecified atom stereocenters. The molecule has 0 radical (unpaired) electrons. The largest absolute Gasteiger partial charge is 0.493 e. The van der Waals surface area contributed by atoms with Gasteiger partial charge in [0, 0.05) is 30.2 Å². The maximum absolute atomic E-state index is 6.02. The Morgan fingerprint density at radius 2 is 2.10 bits per heavy atom. The van der Waals surface area contributed by atoms with Gasteiger partial charge in [-0.05, 0) is 42.5 Å². The summed E-state index contributed by atoms with van der Waals surface area (Å²) in [4.78, 5) is 0. The number of aryl methyl sites for hydroxylation is 1. The Morgan fingerprint density at radius 1 is 1.29 bits per heavy atom. The minimum atomic E-state index is 0.720. The molecular weight excluding hydrogens is 350 g/mol. The van der Waals surface area contributed by atoms with Crippen LogP contribution in [0.4, 0.5) is 0 Å². The van der Waals surface area contributed by atoms with Crippen LogP contribution in [0.2, 0.25) is 0 Å². The van der Waals surface area contributed by atoms with Crippen LogP contribution in [0.5, 0.6) is 5.75 Å². The fourth-order valence-corrected chi connectivity index (χ4v) is 3.24. The van der Waals surface area contributed by atoms with Crippen LogP contribution in [-0.2, 0) is 11.3 Å². The molecule has 1 aromatic rings. The zero-order valence-corrected chi connectivity index (χ0v) is 15.6. The van der Waals surface area contributed by atoms with Gasteiger partial charge in [0.15, 0.2) is 0 Å². The van der Waals surface area contributed by atoms with E-state index in [1.165, 1.54) is 16.9 Å². The summed E-state index contributed by atoms with van der Waals surface area (Å²) in [5.74, 6) is 3.35. The van der Waals surface area contributed by atoms with Crippen molar-refractivity contribution < 1.29 is 9.47 Å². The van der Waals surface area contributed by atoms with E-state index in [0.29, 0.717) is 0 Å². The van der Waals surface area contributed by atoms with Crippen molar-refractivity contribution in [1.29, 1.82) is 0 Å². The first-order chi connectivity index (χ1) is 10.2. The molecule has 0 atom stereocenters. The first-order valence-corrected chi connectivity index (χ1v) is 9.33. The van der Waals surface area contributed by atoms with Gasteiger partial charge in [-0.2, -0.15) is 11.8 Å². The first-order valence-electron chi connectivity index (χ1n) is 7.38. The molecule has 0 aliphatic carbocycles. The molecule has 0 heterocycles. The number of hydrogen-bond acceptors (Lipinski definition) is 4. The highest BCUT2D eigenvalue weighted by Gasteiger charge is 2.09. The second kappa shape index (κ2) is 11.4. The van der Waals surface area contributed by atoms with Crippen molar-refractivity contribution in [3.63, 3.8) is 0 Å². The highest BCUT2D eigenvalue weighted by Crippen LogP contribution is 2.28. The third-order valence-corrected chi connectivity index (χ3v) is 4.44. The van der Waals surface area contributed by atoms with Crippen LogP contribution in [0.1, 0.15) is 24.5 Å². The third kappa shape index (κ3) is 7.54. The summed E-state index contributed by atoms with van der Waals surface area (Å²) in [5.41, 5.74) is 2.37. The van der Waals surface area contributed by atoms with E-state index in [1.807, 2.05) is 11.8 Å². The lowest BCUT2D eigenvalue weighted by atomic mass is 10.1. The minimum Gasteiger partial charge on any atom is -0.493 e. The van der Waals surface area contributed by atoms with E-state index in [0.717, 1.165) is 48.7 Å². The second-order valence-electron chi connectivity index (χ2n) is 4.78. The predicted molar refractivity (Wildman–Crippen MR) is 95.6 cm³/mol. The van der Waals surface area contributed by atoms with E-state index in [1.54, 1.807) is 7.11 Å². The average molecular weight is 376 g/mol. The second-order valence-corrected chi connectivity index (χ2v) is 7.09. The molecule has 1 rings (SSSR count). The van der Waals surface area contributed by atoms with E-state index in [9.17, 15) is 0 Å². The standard InChI is InChI=1S/C16H26BrNO2S/c1-4-21-9-5-7-20-16-13(2)10-15(17)11-14(16)12-18-6-8-19-3/h10-11,18H,4-9,12H2,1-3H3. The van der Waals surface area contributed by atoms with Gasteiger partial charge in [0.25, 0.3) is 0 Å². The Morgan fingerprint density at radius 3 is 2.81 bits per heavy atom. The first kappa shape index (κ1) is 18.8. The highest BCUT2D eigenvalue weighted by molar-refractivity contribution is 9.10. The minimum absolute atomic E-state index is 0.720. The topological polar surface area (TPSA) is 30.5 Å². The van der Waals surface area contributed by atoms with Crippen molar-refractivity contribution in [2.75, 3.05) is 38.4 Å². The van der Waals surface area contributed by atoms with Gasteiger partial charge in [0.05, 0.1) is 13.2 Å². The molecule has 5 heteroatoms. The Balaban J connectivity index is 2.57. The normalized spacial score (nSPS) is 10.9. The molecule has 1 aromatic carbocycles. The van der Waals surface area contributed by atoms with Gasteiger partial charge in [0.2, 0.25) is 0 Å². The predicted octanol–water partition coefficient (Wildman–Crippen LogP) is 4.02. The summed E-state index contributed by atoms with van der Waals surface area (Å²) >= 11 is 5.52. The summed E-state index contributed by atoms with van der Waals surface area (Å²) in [5, 5.41) is 3.38. The molecular formula is C16H26BrNO2S. The van der Waals surface area contributed by atoms with Crippen LogP contribution in [0, 0.1) is 6.92 Å². The Labute approximate surface area is 141 Å². The maximum atomic E-state index is 6.02. The smallest absolute Gasteiger partial charge is 0.126 e. The molecule has 0 saturated carbocycles. The number of ether oxygens (including phenoxy) is 2. The van der Waals surface area contributed by atoms with Gasteiger partial charge < -0.3 is 14.8 Å². The lowest BCUT2D eigenvalue weighted by Gasteiger charge is -2.15. The van der Waals surface area contributed by atoms with Crippen molar-refractivity contribution in [3.8, 4) is 5.75 Å². The number of hydrogen-bond donors (Lipinski definition) is 1. The van der Waals surface area contributed by atoms with E-state index >= 15 is 0 Å². The van der Waals surface area contributed by atoms with Crippen LogP contribution < -0.4 is 10.1 Å². The van der Waals surface area contributed by atoms with Crippen LogP contribution in [-0.4, -0.2) is 38.4 Å². The number of halogens is 1. The maximum Gasteiger partial charge on any atom is 0.126 e. The summed E-state index contributed by atoms with van der Waals surface area (Å²) < 4.78 is 12.2. The monoisotopic (exact) mass is 375 g/mol. The van der Waals surface area contributed by atoms with E-state index in [-0.39, 0.29) is 0 Å². The lowest BCUT2D eigenvalue weighted by molar-refractivity contribution is 0.199. The molecule has 0 bridgehead atoms. The van der Waals surface area contributed by atoms with Crippen LogP contribution in [0.15, 0.2) is 16.6 Å². The molecule has 120 valence electrons. The molecule has 0 spiro atoms. The zero-order chi connectivity index (χ0) is 15.5. The van der Waals surface area contributed by atoms with E-state index in [4.69, 9.17) is 9.47 Å². The number of thioether (sulfide) groups is 1. The number of nitrogens with one attached hydrogen (secondary N) is 1. The van der Waals surface area contributed by atoms with Gasteiger partial charge in [-0.1, -0.05) is 22.9 Å². The molecule has 1 N–H and O–H groups in total. The van der Waals surface area contributed by atoms with Crippen molar-refractivity contribution in [3.05, 3.63) is 27.7 Å². The number of benzene rings is 1. The Kier molecular flexibility index (Phi) is 10.2. The van der Waals surface area contributed by atoms with E-state index in [2.05, 4.69) is 47.2 Å². The quantitative estimate of drug-likeness (QED) is 0.591. The summed E-state index contributed by atoms with van der Waals surface area (Å²) in [7, 11) is 1.72. The molecule has 3 nitrogen and oxygen atoms in total. The van der Waals surface area contributed by atoms with Gasteiger partial charge in [-0.25, -0.2) is 0 Å². The van der Waals surface area contributed by atoms with E-state index < -0.39 is 0 Å². The summed E-state index contributed by atoms with van der Waals surface area (Å²) in [6.07, 6.45) is 1.09. The third-order valence-electron chi connectivity index (χ3n) is 3.00. The zero-order valence-electron chi connectivity index (χ0n) is 13.2. The molecule has 0 aliphatic heterocycles. The molecule has 0 fully saturated rings. The molecule has 0 aliphatic rings. The van der Waals surface area contributed by atoms with Gasteiger partial charge in [-0.15, -0.1) is 0 Å². The fraction of sp³-hybridized carbons (Fsp3) is 0.625. The van der Waals surface area contributed by atoms with Crippen LogP contribution in [0.25, 0.3) is 0 Å². The number of rotatable bonds is 11. The molecule has 0 saturated heterocycles. The van der Waals surface area contributed by atoms with Gasteiger partial charge >= 0.3 is 0 Å².